The molecule has 3 aromatic heterocycles. The number of rotatable bonds is 3. The van der Waals surface area contributed by atoms with Gasteiger partial charge in [-0.25, -0.2) is 9.36 Å². The predicted octanol–water partition coefficient (Wildman–Crippen LogP) is 4.38. The van der Waals surface area contributed by atoms with Crippen molar-refractivity contribution in [1.29, 1.82) is 0 Å². The van der Waals surface area contributed by atoms with Crippen molar-refractivity contribution in [3.05, 3.63) is 95.7 Å². The quantitative estimate of drug-likeness (QED) is 0.506. The lowest BCUT2D eigenvalue weighted by atomic mass is 10.1. The zero-order chi connectivity index (χ0) is 18.2. The third-order valence-electron chi connectivity index (χ3n) is 4.69. The van der Waals surface area contributed by atoms with Crippen molar-refractivity contribution in [3.63, 3.8) is 0 Å². The lowest BCUT2D eigenvalue weighted by molar-refractivity contribution is 0.982. The summed E-state index contributed by atoms with van der Waals surface area (Å²) in [5.41, 5.74) is 5.43. The van der Waals surface area contributed by atoms with Crippen LogP contribution in [0.4, 0.5) is 0 Å². The Morgan fingerprint density at radius 1 is 0.778 bits per heavy atom. The number of nitrogens with zero attached hydrogens (tertiary/aromatic N) is 2. The van der Waals surface area contributed by atoms with E-state index in [1.54, 1.807) is 17.0 Å². The van der Waals surface area contributed by atoms with Crippen molar-refractivity contribution in [1.82, 2.24) is 19.5 Å². The summed E-state index contributed by atoms with van der Waals surface area (Å²) in [6.45, 7) is 0. The van der Waals surface area contributed by atoms with Crippen LogP contribution < -0.4 is 5.69 Å². The second-order valence-corrected chi connectivity index (χ2v) is 6.33. The first-order chi connectivity index (χ1) is 13.3. The van der Waals surface area contributed by atoms with Crippen LogP contribution in [-0.2, 0) is 0 Å². The third kappa shape index (κ3) is 2.57. The van der Waals surface area contributed by atoms with Crippen LogP contribution in [0.25, 0.3) is 39.2 Å². The highest BCUT2D eigenvalue weighted by atomic mass is 16.1. The molecular weight excluding hydrogens is 336 g/mol. The van der Waals surface area contributed by atoms with Gasteiger partial charge in [-0.3, -0.25) is 4.98 Å². The van der Waals surface area contributed by atoms with Crippen LogP contribution in [0.3, 0.4) is 0 Å². The van der Waals surface area contributed by atoms with Gasteiger partial charge in [-0.1, -0.05) is 42.5 Å². The highest BCUT2D eigenvalue weighted by Gasteiger charge is 2.17. The van der Waals surface area contributed by atoms with Gasteiger partial charge in [-0.15, -0.1) is 0 Å². The van der Waals surface area contributed by atoms with Crippen LogP contribution in [0.15, 0.2) is 90.0 Å². The van der Waals surface area contributed by atoms with Crippen molar-refractivity contribution < 1.29 is 0 Å². The minimum Gasteiger partial charge on any atom is -0.340 e. The summed E-state index contributed by atoms with van der Waals surface area (Å²) in [5, 5.41) is 0. The van der Waals surface area contributed by atoms with Crippen molar-refractivity contribution >= 4 is 11.0 Å². The summed E-state index contributed by atoms with van der Waals surface area (Å²) in [7, 11) is 0. The number of pyridine rings is 1. The van der Waals surface area contributed by atoms with E-state index < -0.39 is 0 Å². The summed E-state index contributed by atoms with van der Waals surface area (Å²) < 4.78 is 1.70. The zero-order valence-corrected chi connectivity index (χ0v) is 14.4. The Labute approximate surface area is 155 Å². The van der Waals surface area contributed by atoms with Gasteiger partial charge in [0, 0.05) is 29.2 Å². The standard InChI is InChI=1S/C22H16N4O/c27-22-25-18-8-4-5-9-20(18)26(22)21-17(15-6-2-1-3-7-15)14-19(24-21)16-10-12-23-13-11-16/h1-14,24H,(H,25,27). The molecule has 5 nitrogen and oxygen atoms in total. The molecule has 0 fully saturated rings. The summed E-state index contributed by atoms with van der Waals surface area (Å²) in [4.78, 5) is 23.2. The SMILES string of the molecule is O=c1[nH]c2ccccc2n1-c1[nH]c(-c2ccncc2)cc1-c1ccccc1. The fourth-order valence-electron chi connectivity index (χ4n) is 3.42. The van der Waals surface area contributed by atoms with Crippen molar-refractivity contribution in [2.24, 2.45) is 0 Å². The summed E-state index contributed by atoms with van der Waals surface area (Å²) >= 11 is 0. The second-order valence-electron chi connectivity index (χ2n) is 6.33. The number of aromatic amines is 2. The van der Waals surface area contributed by atoms with Crippen LogP contribution in [0.1, 0.15) is 0 Å². The molecular formula is C22H16N4O. The number of hydrogen-bond donors (Lipinski definition) is 2. The summed E-state index contributed by atoms with van der Waals surface area (Å²) in [5.74, 6) is 0.746. The lowest BCUT2D eigenvalue weighted by Gasteiger charge is -2.06. The number of nitrogens with one attached hydrogen (secondary N) is 2. The van der Waals surface area contributed by atoms with Gasteiger partial charge in [0.2, 0.25) is 0 Å². The van der Waals surface area contributed by atoms with Gasteiger partial charge in [0.1, 0.15) is 5.82 Å². The maximum Gasteiger partial charge on any atom is 0.332 e. The largest absolute Gasteiger partial charge is 0.340 e. The Hall–Kier alpha value is -3.86. The van der Waals surface area contributed by atoms with E-state index in [-0.39, 0.29) is 5.69 Å². The molecule has 130 valence electrons. The molecule has 3 heterocycles. The van der Waals surface area contributed by atoms with E-state index in [1.165, 1.54) is 0 Å². The molecule has 0 aliphatic rings. The molecule has 0 spiro atoms. The van der Waals surface area contributed by atoms with E-state index in [0.29, 0.717) is 0 Å². The Morgan fingerprint density at radius 3 is 2.33 bits per heavy atom. The van der Waals surface area contributed by atoms with E-state index in [9.17, 15) is 4.79 Å². The van der Waals surface area contributed by atoms with Gasteiger partial charge >= 0.3 is 5.69 Å². The number of benzene rings is 2. The summed E-state index contributed by atoms with van der Waals surface area (Å²) in [6.07, 6.45) is 3.52. The van der Waals surface area contributed by atoms with Crippen LogP contribution in [-0.4, -0.2) is 19.5 Å². The van der Waals surface area contributed by atoms with Gasteiger partial charge in [-0.05, 0) is 35.9 Å². The Bertz CT molecular complexity index is 1280. The minimum atomic E-state index is -0.170. The highest BCUT2D eigenvalue weighted by molar-refractivity contribution is 5.83. The molecule has 0 amide bonds. The van der Waals surface area contributed by atoms with Gasteiger partial charge < -0.3 is 9.97 Å². The van der Waals surface area contributed by atoms with Crippen LogP contribution in [0, 0.1) is 0 Å². The first kappa shape index (κ1) is 15.4. The molecule has 27 heavy (non-hydrogen) atoms. The van der Waals surface area contributed by atoms with E-state index in [1.807, 2.05) is 66.7 Å². The zero-order valence-electron chi connectivity index (χ0n) is 14.4. The second kappa shape index (κ2) is 6.14. The fourth-order valence-corrected chi connectivity index (χ4v) is 3.42. The number of para-hydroxylation sites is 2. The van der Waals surface area contributed by atoms with Gasteiger partial charge in [0.05, 0.1) is 11.0 Å². The van der Waals surface area contributed by atoms with Gasteiger partial charge in [-0.2, -0.15) is 0 Å². The van der Waals surface area contributed by atoms with E-state index in [2.05, 4.69) is 21.0 Å². The fraction of sp³-hybridized carbons (Fsp3) is 0. The van der Waals surface area contributed by atoms with Crippen LogP contribution in [0.2, 0.25) is 0 Å². The summed E-state index contributed by atoms with van der Waals surface area (Å²) in [6, 6.07) is 23.7. The normalized spacial score (nSPS) is 11.1. The van der Waals surface area contributed by atoms with E-state index in [4.69, 9.17) is 0 Å². The maximum atomic E-state index is 12.7. The number of imidazole rings is 1. The lowest BCUT2D eigenvalue weighted by Crippen LogP contribution is -2.15. The smallest absolute Gasteiger partial charge is 0.332 e. The van der Waals surface area contributed by atoms with E-state index >= 15 is 0 Å². The monoisotopic (exact) mass is 352 g/mol. The Morgan fingerprint density at radius 2 is 1.52 bits per heavy atom. The van der Waals surface area contributed by atoms with Gasteiger partial charge in [0.25, 0.3) is 0 Å². The molecule has 5 aromatic rings. The average molecular weight is 352 g/mol. The molecule has 5 rings (SSSR count). The van der Waals surface area contributed by atoms with E-state index in [0.717, 1.165) is 39.2 Å². The van der Waals surface area contributed by atoms with Crippen molar-refractivity contribution in [3.8, 4) is 28.2 Å². The molecule has 0 aliphatic heterocycles. The first-order valence-electron chi connectivity index (χ1n) is 8.70. The molecule has 0 bridgehead atoms. The van der Waals surface area contributed by atoms with Crippen molar-refractivity contribution in [2.75, 3.05) is 0 Å². The Balaban J connectivity index is 1.82. The molecule has 0 radical (unpaired) electrons. The van der Waals surface area contributed by atoms with Crippen LogP contribution in [0.5, 0.6) is 0 Å². The topological polar surface area (TPSA) is 66.5 Å². The third-order valence-corrected chi connectivity index (χ3v) is 4.69. The Kier molecular flexibility index (Phi) is 3.50. The number of H-pyrrole nitrogens is 2. The number of fused-ring (bicyclic) bond motifs is 1. The molecule has 2 N–H and O–H groups in total. The molecule has 0 aliphatic carbocycles. The highest BCUT2D eigenvalue weighted by Crippen LogP contribution is 2.32. The molecule has 0 atom stereocenters. The average Bonchev–Trinajstić information content (AvgIpc) is 3.29. The number of aromatic nitrogens is 4. The predicted molar refractivity (Wildman–Crippen MR) is 107 cm³/mol. The maximum absolute atomic E-state index is 12.7. The minimum absolute atomic E-state index is 0.170. The molecule has 0 saturated heterocycles. The molecule has 0 unspecified atom stereocenters. The van der Waals surface area contributed by atoms with Crippen LogP contribution >= 0.6 is 0 Å². The number of hydrogen-bond acceptors (Lipinski definition) is 2. The molecule has 2 aromatic carbocycles. The first-order valence-corrected chi connectivity index (χ1v) is 8.70. The molecule has 5 heteroatoms. The molecule has 0 saturated carbocycles. The van der Waals surface area contributed by atoms with Crippen molar-refractivity contribution in [2.45, 2.75) is 0 Å². The van der Waals surface area contributed by atoms with Gasteiger partial charge in [0.15, 0.2) is 0 Å².